The number of benzene rings is 1. The molecule has 0 saturated carbocycles. The molecule has 1 atom stereocenters. The second-order valence-electron chi connectivity index (χ2n) is 4.77. The van der Waals surface area contributed by atoms with Crippen LogP contribution in [0.25, 0.3) is 0 Å². The summed E-state index contributed by atoms with van der Waals surface area (Å²) in [6.45, 7) is 0.962. The van der Waals surface area contributed by atoms with Crippen molar-refractivity contribution in [2.45, 2.75) is 15.9 Å². The van der Waals surface area contributed by atoms with Gasteiger partial charge in [-0.15, -0.1) is 12.4 Å². The van der Waals surface area contributed by atoms with E-state index in [0.29, 0.717) is 0 Å². The van der Waals surface area contributed by atoms with Crippen molar-refractivity contribution in [3.63, 3.8) is 0 Å². The summed E-state index contributed by atoms with van der Waals surface area (Å²) < 4.78 is 57.2. The second-order valence-corrected chi connectivity index (χ2v) is 8.59. The molecule has 0 spiro atoms. The van der Waals surface area contributed by atoms with E-state index in [4.69, 9.17) is 10.5 Å². The number of nitrogens with one attached hydrogen (secondary N) is 1. The predicted molar refractivity (Wildman–Crippen MR) is 87.5 cm³/mol. The van der Waals surface area contributed by atoms with Crippen LogP contribution in [-0.2, 0) is 24.8 Å². The molecule has 1 saturated heterocycles. The van der Waals surface area contributed by atoms with Crippen molar-refractivity contribution in [3.05, 3.63) is 24.3 Å². The molecule has 23 heavy (non-hydrogen) atoms. The molecule has 1 aliphatic rings. The number of hydrogen-bond donors (Lipinski definition) is 2. The van der Waals surface area contributed by atoms with Crippen LogP contribution >= 0.6 is 12.4 Å². The lowest BCUT2D eigenvalue weighted by atomic mass is 10.3. The van der Waals surface area contributed by atoms with E-state index in [1.54, 1.807) is 0 Å². The molecular formula is C12H20ClN3O5S2. The number of sulfonamides is 2. The normalized spacial score (nSPS) is 20.0. The fraction of sp³-hybridized carbons (Fsp3) is 0.500. The van der Waals surface area contributed by atoms with Crippen LogP contribution in [-0.4, -0.2) is 60.5 Å². The summed E-state index contributed by atoms with van der Waals surface area (Å²) in [4.78, 5) is 0.0518. The number of nitrogens with zero attached hydrogens (tertiary/aromatic N) is 1. The van der Waals surface area contributed by atoms with Crippen molar-refractivity contribution >= 4 is 32.5 Å². The Balaban J connectivity index is 0.00000264. The smallest absolute Gasteiger partial charge is 0.243 e. The van der Waals surface area contributed by atoms with Crippen molar-refractivity contribution in [2.75, 3.05) is 33.3 Å². The summed E-state index contributed by atoms with van der Waals surface area (Å²) in [5.41, 5.74) is 5.51. The van der Waals surface area contributed by atoms with Crippen molar-refractivity contribution in [1.29, 1.82) is 0 Å². The van der Waals surface area contributed by atoms with Gasteiger partial charge in [0.25, 0.3) is 0 Å². The van der Waals surface area contributed by atoms with E-state index >= 15 is 0 Å². The highest BCUT2D eigenvalue weighted by Crippen LogP contribution is 2.20. The van der Waals surface area contributed by atoms with Crippen LogP contribution in [0, 0.1) is 0 Å². The van der Waals surface area contributed by atoms with Gasteiger partial charge in [0.05, 0.1) is 22.5 Å². The second kappa shape index (κ2) is 7.88. The van der Waals surface area contributed by atoms with E-state index in [-0.39, 0.29) is 54.5 Å². The van der Waals surface area contributed by atoms with Gasteiger partial charge in [-0.2, -0.15) is 4.31 Å². The minimum atomic E-state index is -3.69. The molecule has 0 aromatic heterocycles. The molecule has 0 bridgehead atoms. The molecule has 0 radical (unpaired) electrons. The van der Waals surface area contributed by atoms with Crippen LogP contribution in [0.2, 0.25) is 0 Å². The third kappa shape index (κ3) is 4.41. The molecule has 1 aromatic carbocycles. The Bertz CT molecular complexity index is 722. The van der Waals surface area contributed by atoms with Crippen LogP contribution in [0.15, 0.2) is 34.1 Å². The highest BCUT2D eigenvalue weighted by Gasteiger charge is 2.30. The maximum Gasteiger partial charge on any atom is 0.243 e. The number of morpholine rings is 1. The Kier molecular flexibility index (Phi) is 6.95. The SMILES string of the molecule is CNS(=O)(=O)c1ccc(S(=O)(=O)N2CCOC(CN)C2)cc1.Cl. The quantitative estimate of drug-likeness (QED) is 0.696. The molecule has 0 amide bonds. The summed E-state index contributed by atoms with van der Waals surface area (Å²) in [5, 5.41) is 0. The van der Waals surface area contributed by atoms with Gasteiger partial charge >= 0.3 is 0 Å². The topological polar surface area (TPSA) is 119 Å². The Morgan fingerprint density at radius 1 is 1.22 bits per heavy atom. The molecule has 1 fully saturated rings. The highest BCUT2D eigenvalue weighted by molar-refractivity contribution is 7.89. The van der Waals surface area contributed by atoms with Crippen molar-refractivity contribution in [3.8, 4) is 0 Å². The zero-order valence-corrected chi connectivity index (χ0v) is 15.0. The monoisotopic (exact) mass is 385 g/mol. The third-order valence-corrected chi connectivity index (χ3v) is 6.71. The van der Waals surface area contributed by atoms with Crippen LogP contribution in [0.4, 0.5) is 0 Å². The van der Waals surface area contributed by atoms with Crippen LogP contribution in [0.5, 0.6) is 0 Å². The average Bonchev–Trinajstić information content (AvgIpc) is 2.55. The number of hydrogen-bond acceptors (Lipinski definition) is 6. The molecule has 1 aromatic rings. The van der Waals surface area contributed by atoms with Gasteiger partial charge in [-0.1, -0.05) is 0 Å². The van der Waals surface area contributed by atoms with Gasteiger partial charge in [-0.3, -0.25) is 0 Å². The first-order valence-corrected chi connectivity index (χ1v) is 9.59. The maximum absolute atomic E-state index is 12.5. The summed E-state index contributed by atoms with van der Waals surface area (Å²) in [6, 6.07) is 5.10. The molecule has 0 aliphatic carbocycles. The number of rotatable bonds is 5. The molecule has 132 valence electrons. The fourth-order valence-corrected chi connectivity index (χ4v) is 4.30. The summed E-state index contributed by atoms with van der Waals surface area (Å²) in [6.07, 6.45) is -0.326. The van der Waals surface area contributed by atoms with Crippen LogP contribution in [0.1, 0.15) is 0 Å². The number of halogens is 1. The van der Waals surface area contributed by atoms with E-state index in [0.717, 1.165) is 0 Å². The lowest BCUT2D eigenvalue weighted by Crippen LogP contribution is -2.48. The number of ether oxygens (including phenoxy) is 1. The van der Waals surface area contributed by atoms with E-state index < -0.39 is 20.0 Å². The van der Waals surface area contributed by atoms with Crippen LogP contribution in [0.3, 0.4) is 0 Å². The molecule has 1 aliphatic heterocycles. The molecule has 1 unspecified atom stereocenters. The third-order valence-electron chi connectivity index (χ3n) is 3.40. The van der Waals surface area contributed by atoms with Gasteiger partial charge in [-0.25, -0.2) is 21.6 Å². The zero-order valence-electron chi connectivity index (χ0n) is 12.5. The molecule has 3 N–H and O–H groups in total. The Labute approximate surface area is 142 Å². The van der Waals surface area contributed by atoms with Crippen molar-refractivity contribution in [1.82, 2.24) is 9.03 Å². The van der Waals surface area contributed by atoms with Gasteiger partial charge in [-0.05, 0) is 31.3 Å². The van der Waals surface area contributed by atoms with E-state index in [1.165, 1.54) is 35.6 Å². The zero-order chi connectivity index (χ0) is 16.4. The van der Waals surface area contributed by atoms with Gasteiger partial charge in [0.2, 0.25) is 20.0 Å². The minimum absolute atomic E-state index is 0. The highest BCUT2D eigenvalue weighted by atomic mass is 35.5. The van der Waals surface area contributed by atoms with E-state index in [9.17, 15) is 16.8 Å². The molecule has 8 nitrogen and oxygen atoms in total. The largest absolute Gasteiger partial charge is 0.374 e. The van der Waals surface area contributed by atoms with E-state index in [1.807, 2.05) is 0 Å². The predicted octanol–water partition coefficient (Wildman–Crippen LogP) is -0.635. The van der Waals surface area contributed by atoms with Crippen molar-refractivity contribution in [2.24, 2.45) is 5.73 Å². The molecule has 2 rings (SSSR count). The summed E-state index contributed by atoms with van der Waals surface area (Å²) in [7, 11) is -5.99. The summed E-state index contributed by atoms with van der Waals surface area (Å²) >= 11 is 0. The molecule has 11 heteroatoms. The minimum Gasteiger partial charge on any atom is -0.374 e. The lowest BCUT2D eigenvalue weighted by Gasteiger charge is -2.31. The Morgan fingerprint density at radius 3 is 2.30 bits per heavy atom. The van der Waals surface area contributed by atoms with Gasteiger partial charge in [0.1, 0.15) is 0 Å². The molecule has 1 heterocycles. The first kappa shape index (κ1) is 20.3. The van der Waals surface area contributed by atoms with Gasteiger partial charge in [0, 0.05) is 19.6 Å². The first-order chi connectivity index (χ1) is 10.3. The number of nitrogens with two attached hydrogens (primary N) is 1. The lowest BCUT2D eigenvalue weighted by molar-refractivity contribution is 0.00450. The van der Waals surface area contributed by atoms with Gasteiger partial charge in [0.15, 0.2) is 0 Å². The Morgan fingerprint density at radius 2 is 1.78 bits per heavy atom. The fourth-order valence-electron chi connectivity index (χ4n) is 2.11. The average molecular weight is 386 g/mol. The summed E-state index contributed by atoms with van der Waals surface area (Å²) in [5.74, 6) is 0. The standard InChI is InChI=1S/C12H19N3O5S2.ClH/c1-14-21(16,17)11-2-4-12(5-3-11)22(18,19)15-6-7-20-10(8-13)9-15;/h2-5,10,14H,6-9,13H2,1H3;1H. The molecular weight excluding hydrogens is 366 g/mol. The van der Waals surface area contributed by atoms with Crippen molar-refractivity contribution < 1.29 is 21.6 Å². The van der Waals surface area contributed by atoms with E-state index in [2.05, 4.69) is 4.72 Å². The first-order valence-electron chi connectivity index (χ1n) is 6.66. The van der Waals surface area contributed by atoms with Gasteiger partial charge < -0.3 is 10.5 Å². The maximum atomic E-state index is 12.5. The van der Waals surface area contributed by atoms with Crippen LogP contribution < -0.4 is 10.5 Å². The Hall–Kier alpha value is -0.750.